The van der Waals surface area contributed by atoms with Crippen molar-refractivity contribution in [1.29, 1.82) is 0 Å². The Balaban J connectivity index is 1.60. The summed E-state index contributed by atoms with van der Waals surface area (Å²) >= 11 is 0. The van der Waals surface area contributed by atoms with Gasteiger partial charge in [0.1, 0.15) is 0 Å². The molecule has 0 saturated heterocycles. The van der Waals surface area contributed by atoms with Gasteiger partial charge in [0.2, 0.25) is 12.7 Å². The number of aryl methyl sites for hydroxylation is 2. The molecule has 0 unspecified atom stereocenters. The van der Waals surface area contributed by atoms with Crippen LogP contribution >= 0.6 is 0 Å². The number of benzene rings is 2. The van der Waals surface area contributed by atoms with Crippen molar-refractivity contribution in [2.45, 2.75) is 27.3 Å². The lowest BCUT2D eigenvalue weighted by Gasteiger charge is -2.20. The van der Waals surface area contributed by atoms with Crippen LogP contribution in [-0.4, -0.2) is 30.7 Å². The van der Waals surface area contributed by atoms with E-state index in [0.29, 0.717) is 13.1 Å². The van der Waals surface area contributed by atoms with Crippen LogP contribution in [-0.2, 0) is 11.3 Å². The Kier molecular flexibility index (Phi) is 5.24. The second-order valence-corrected chi connectivity index (χ2v) is 6.42. The van der Waals surface area contributed by atoms with Gasteiger partial charge in [-0.1, -0.05) is 19.1 Å². The zero-order valence-electron chi connectivity index (χ0n) is 15.0. The quantitative estimate of drug-likeness (QED) is 0.874. The van der Waals surface area contributed by atoms with E-state index in [-0.39, 0.29) is 12.7 Å². The number of carbonyl (C=O) groups is 1. The lowest BCUT2D eigenvalue weighted by Crippen LogP contribution is -2.32. The second kappa shape index (κ2) is 7.57. The third-order valence-electron chi connectivity index (χ3n) is 4.16. The first-order valence-corrected chi connectivity index (χ1v) is 8.52. The Hall–Kier alpha value is -2.53. The summed E-state index contributed by atoms with van der Waals surface area (Å²) in [5.74, 6) is 1.54. The molecule has 1 N–H and O–H groups in total. The van der Waals surface area contributed by atoms with Crippen molar-refractivity contribution in [2.24, 2.45) is 0 Å². The summed E-state index contributed by atoms with van der Waals surface area (Å²) in [7, 11) is 0. The van der Waals surface area contributed by atoms with Gasteiger partial charge in [0, 0.05) is 12.2 Å². The van der Waals surface area contributed by atoms with Crippen molar-refractivity contribution in [2.75, 3.05) is 25.2 Å². The average Bonchev–Trinajstić information content (AvgIpc) is 3.00. The molecule has 0 bridgehead atoms. The number of likely N-dealkylation sites (N-methyl/N-ethyl adjacent to an activating group) is 1. The van der Waals surface area contributed by atoms with Crippen LogP contribution in [0.15, 0.2) is 36.4 Å². The Bertz CT molecular complexity index is 753. The van der Waals surface area contributed by atoms with Crippen molar-refractivity contribution < 1.29 is 14.3 Å². The second-order valence-electron chi connectivity index (χ2n) is 6.42. The molecule has 0 atom stereocenters. The van der Waals surface area contributed by atoms with E-state index in [1.807, 2.05) is 44.2 Å². The maximum absolute atomic E-state index is 12.4. The van der Waals surface area contributed by atoms with E-state index in [2.05, 4.69) is 23.2 Å². The average molecular weight is 340 g/mol. The fourth-order valence-corrected chi connectivity index (χ4v) is 3.03. The molecule has 5 nitrogen and oxygen atoms in total. The number of rotatable bonds is 6. The molecule has 0 aliphatic carbocycles. The van der Waals surface area contributed by atoms with Crippen LogP contribution in [0, 0.1) is 13.8 Å². The van der Waals surface area contributed by atoms with Crippen LogP contribution < -0.4 is 14.8 Å². The summed E-state index contributed by atoms with van der Waals surface area (Å²) in [6.07, 6.45) is 0. The van der Waals surface area contributed by atoms with Crippen molar-refractivity contribution in [1.82, 2.24) is 4.90 Å². The Morgan fingerprint density at radius 2 is 1.80 bits per heavy atom. The number of anilines is 1. The van der Waals surface area contributed by atoms with Gasteiger partial charge in [-0.25, -0.2) is 0 Å². The Labute approximate surface area is 148 Å². The monoisotopic (exact) mass is 340 g/mol. The fourth-order valence-electron chi connectivity index (χ4n) is 3.03. The van der Waals surface area contributed by atoms with Gasteiger partial charge in [0.05, 0.1) is 6.54 Å². The van der Waals surface area contributed by atoms with Gasteiger partial charge >= 0.3 is 0 Å². The highest BCUT2D eigenvalue weighted by atomic mass is 16.7. The number of ether oxygens (including phenoxy) is 2. The molecule has 0 fully saturated rings. The topological polar surface area (TPSA) is 50.8 Å². The molecule has 2 aromatic carbocycles. The van der Waals surface area contributed by atoms with Gasteiger partial charge < -0.3 is 14.8 Å². The fraction of sp³-hybridized carbons (Fsp3) is 0.350. The number of nitrogens with zero attached hydrogens (tertiary/aromatic N) is 1. The molecule has 1 amide bonds. The van der Waals surface area contributed by atoms with E-state index >= 15 is 0 Å². The normalized spacial score (nSPS) is 12.5. The van der Waals surface area contributed by atoms with E-state index in [0.717, 1.165) is 40.4 Å². The molecule has 2 aromatic rings. The van der Waals surface area contributed by atoms with Gasteiger partial charge in [0.15, 0.2) is 11.5 Å². The number of hydrogen-bond acceptors (Lipinski definition) is 4. The van der Waals surface area contributed by atoms with Gasteiger partial charge in [-0.05, 0) is 61.3 Å². The van der Waals surface area contributed by atoms with Crippen LogP contribution in [0.25, 0.3) is 0 Å². The first kappa shape index (κ1) is 17.3. The third-order valence-corrected chi connectivity index (χ3v) is 4.16. The smallest absolute Gasteiger partial charge is 0.238 e. The van der Waals surface area contributed by atoms with Crippen LogP contribution in [0.4, 0.5) is 5.69 Å². The molecule has 25 heavy (non-hydrogen) atoms. The summed E-state index contributed by atoms with van der Waals surface area (Å²) in [6.45, 7) is 8.20. The first-order chi connectivity index (χ1) is 12.0. The van der Waals surface area contributed by atoms with Crippen molar-refractivity contribution in [3.63, 3.8) is 0 Å². The van der Waals surface area contributed by atoms with Crippen molar-refractivity contribution in [3.05, 3.63) is 53.1 Å². The Morgan fingerprint density at radius 3 is 2.52 bits per heavy atom. The summed E-state index contributed by atoms with van der Waals surface area (Å²) in [5.41, 5.74) is 4.23. The maximum Gasteiger partial charge on any atom is 0.238 e. The minimum atomic E-state index is -0.00686. The highest BCUT2D eigenvalue weighted by molar-refractivity contribution is 5.92. The van der Waals surface area contributed by atoms with E-state index in [1.165, 1.54) is 0 Å². The molecular weight excluding hydrogens is 316 g/mol. The minimum absolute atomic E-state index is 0.00686. The van der Waals surface area contributed by atoms with Gasteiger partial charge in [0.25, 0.3) is 0 Å². The molecule has 0 radical (unpaired) electrons. The van der Waals surface area contributed by atoms with Gasteiger partial charge in [-0.2, -0.15) is 0 Å². The highest BCUT2D eigenvalue weighted by Crippen LogP contribution is 2.32. The molecule has 0 spiro atoms. The number of carbonyl (C=O) groups excluding carboxylic acids is 1. The summed E-state index contributed by atoms with van der Waals surface area (Å²) in [4.78, 5) is 14.5. The zero-order valence-corrected chi connectivity index (χ0v) is 15.0. The van der Waals surface area contributed by atoms with Crippen molar-refractivity contribution >= 4 is 11.6 Å². The Morgan fingerprint density at radius 1 is 1.08 bits per heavy atom. The SMILES string of the molecule is CCN(CC(=O)Nc1cc(C)cc(C)c1)Cc1ccc2c(c1)OCO2. The molecule has 3 rings (SSSR count). The van der Waals surface area contributed by atoms with E-state index in [4.69, 9.17) is 9.47 Å². The number of nitrogens with one attached hydrogen (secondary N) is 1. The standard InChI is InChI=1S/C20H24N2O3/c1-4-22(11-16-5-6-18-19(10-16)25-13-24-18)12-20(23)21-17-8-14(2)7-15(3)9-17/h5-10H,4,11-13H2,1-3H3,(H,21,23). The summed E-state index contributed by atoms with van der Waals surface area (Å²) in [5, 5.41) is 2.99. The highest BCUT2D eigenvalue weighted by Gasteiger charge is 2.15. The van der Waals surface area contributed by atoms with E-state index in [9.17, 15) is 4.79 Å². The molecule has 5 heteroatoms. The molecule has 1 aliphatic rings. The number of fused-ring (bicyclic) bond motifs is 1. The molecular formula is C20H24N2O3. The van der Waals surface area contributed by atoms with E-state index in [1.54, 1.807) is 0 Å². The number of amides is 1. The maximum atomic E-state index is 12.4. The largest absolute Gasteiger partial charge is 0.454 e. The van der Waals surface area contributed by atoms with Gasteiger partial charge in [-0.3, -0.25) is 9.69 Å². The van der Waals surface area contributed by atoms with Crippen LogP contribution in [0.3, 0.4) is 0 Å². The summed E-state index contributed by atoms with van der Waals surface area (Å²) < 4.78 is 10.8. The van der Waals surface area contributed by atoms with Crippen LogP contribution in [0.2, 0.25) is 0 Å². The van der Waals surface area contributed by atoms with Crippen LogP contribution in [0.1, 0.15) is 23.6 Å². The molecule has 132 valence electrons. The van der Waals surface area contributed by atoms with Crippen LogP contribution in [0.5, 0.6) is 11.5 Å². The lowest BCUT2D eigenvalue weighted by molar-refractivity contribution is -0.117. The predicted octanol–water partition coefficient (Wildman–Crippen LogP) is 3.49. The van der Waals surface area contributed by atoms with E-state index < -0.39 is 0 Å². The predicted molar refractivity (Wildman–Crippen MR) is 98.1 cm³/mol. The molecule has 0 aromatic heterocycles. The van der Waals surface area contributed by atoms with Gasteiger partial charge in [-0.15, -0.1) is 0 Å². The van der Waals surface area contributed by atoms with Crippen molar-refractivity contribution in [3.8, 4) is 11.5 Å². The molecule has 1 aliphatic heterocycles. The summed E-state index contributed by atoms with van der Waals surface area (Å²) in [6, 6.07) is 12.0. The zero-order chi connectivity index (χ0) is 17.8. The lowest BCUT2D eigenvalue weighted by atomic mass is 10.1. The minimum Gasteiger partial charge on any atom is -0.454 e. The molecule has 0 saturated carbocycles. The number of hydrogen-bond donors (Lipinski definition) is 1. The molecule has 1 heterocycles. The first-order valence-electron chi connectivity index (χ1n) is 8.52. The third kappa shape index (κ3) is 4.51.